The Bertz CT molecular complexity index is 1160. The molecule has 0 radical (unpaired) electrons. The summed E-state index contributed by atoms with van der Waals surface area (Å²) in [4.78, 5) is 4.65. The molecule has 0 aliphatic carbocycles. The first-order valence-electron chi connectivity index (χ1n) is 9.46. The third kappa shape index (κ3) is 4.38. The van der Waals surface area contributed by atoms with Gasteiger partial charge in [0.1, 0.15) is 29.6 Å². The molecule has 0 saturated carbocycles. The van der Waals surface area contributed by atoms with E-state index in [1.807, 2.05) is 31.2 Å². The number of hydrogen-bond donors (Lipinski definition) is 1. The Hall–Kier alpha value is -3.52. The monoisotopic (exact) mass is 408 g/mol. The van der Waals surface area contributed by atoms with Gasteiger partial charge in [0.05, 0.1) is 12.6 Å². The summed E-state index contributed by atoms with van der Waals surface area (Å²) in [5.41, 5.74) is 3.52. The van der Waals surface area contributed by atoms with Gasteiger partial charge in [-0.1, -0.05) is 28.5 Å². The number of benzene rings is 2. The number of aryl methyl sites for hydroxylation is 1. The Morgan fingerprint density at radius 3 is 2.67 bits per heavy atom. The molecule has 0 unspecified atom stereocenters. The number of aromatic nitrogens is 3. The summed E-state index contributed by atoms with van der Waals surface area (Å²) in [5, 5.41) is 11.9. The molecule has 4 rings (SSSR count). The van der Waals surface area contributed by atoms with Crippen LogP contribution in [0.3, 0.4) is 0 Å². The Balaban J connectivity index is 1.59. The second-order valence-corrected chi connectivity index (χ2v) is 6.79. The van der Waals surface area contributed by atoms with Gasteiger partial charge in [-0.2, -0.15) is 0 Å². The van der Waals surface area contributed by atoms with Gasteiger partial charge in [0, 0.05) is 35.7 Å². The number of methoxy groups -OCH3 is 1. The molecule has 0 atom stereocenters. The molecule has 0 amide bonds. The SMILES string of the molecule is COc1ccc2cc(CNCc3nonc3C)c(OCc3ccccc3F)nc2c1. The van der Waals surface area contributed by atoms with Crippen molar-refractivity contribution in [3.8, 4) is 11.6 Å². The van der Waals surface area contributed by atoms with Crippen LogP contribution in [0.4, 0.5) is 4.39 Å². The van der Waals surface area contributed by atoms with Crippen LogP contribution in [-0.2, 0) is 19.7 Å². The molecule has 4 aromatic rings. The van der Waals surface area contributed by atoms with Crippen molar-refractivity contribution < 1.29 is 18.5 Å². The first kappa shape index (κ1) is 19.8. The highest BCUT2D eigenvalue weighted by atomic mass is 19.1. The van der Waals surface area contributed by atoms with Crippen molar-refractivity contribution in [2.45, 2.75) is 26.6 Å². The third-order valence-electron chi connectivity index (χ3n) is 4.74. The minimum absolute atomic E-state index is 0.0778. The maximum Gasteiger partial charge on any atom is 0.218 e. The maximum absolute atomic E-state index is 14.0. The average molecular weight is 408 g/mol. The number of pyridine rings is 1. The number of nitrogens with zero attached hydrogens (tertiary/aromatic N) is 3. The normalized spacial score (nSPS) is 11.0. The van der Waals surface area contributed by atoms with E-state index in [1.165, 1.54) is 6.07 Å². The first-order valence-corrected chi connectivity index (χ1v) is 9.46. The summed E-state index contributed by atoms with van der Waals surface area (Å²) < 4.78 is 29.9. The van der Waals surface area contributed by atoms with E-state index in [1.54, 1.807) is 25.3 Å². The van der Waals surface area contributed by atoms with E-state index in [0.717, 1.165) is 27.9 Å². The molecule has 30 heavy (non-hydrogen) atoms. The van der Waals surface area contributed by atoms with Crippen LogP contribution in [0, 0.1) is 12.7 Å². The summed E-state index contributed by atoms with van der Waals surface area (Å²) in [6, 6.07) is 14.2. The van der Waals surface area contributed by atoms with Gasteiger partial charge in [0.25, 0.3) is 0 Å². The van der Waals surface area contributed by atoms with Gasteiger partial charge in [-0.15, -0.1) is 0 Å². The van der Waals surface area contributed by atoms with Gasteiger partial charge in [-0.05, 0) is 31.2 Å². The van der Waals surface area contributed by atoms with Crippen LogP contribution in [0.25, 0.3) is 10.9 Å². The predicted molar refractivity (Wildman–Crippen MR) is 109 cm³/mol. The van der Waals surface area contributed by atoms with E-state index in [0.29, 0.717) is 30.3 Å². The summed E-state index contributed by atoms with van der Waals surface area (Å²) in [6.45, 7) is 2.88. The smallest absolute Gasteiger partial charge is 0.218 e. The predicted octanol–water partition coefficient (Wildman–Crippen LogP) is 3.94. The van der Waals surface area contributed by atoms with Crippen LogP contribution in [-0.4, -0.2) is 22.4 Å². The minimum atomic E-state index is -0.311. The molecule has 0 spiro atoms. The fraction of sp³-hybridized carbons (Fsp3) is 0.227. The van der Waals surface area contributed by atoms with Crippen LogP contribution in [0.2, 0.25) is 0 Å². The zero-order chi connectivity index (χ0) is 20.9. The molecule has 154 valence electrons. The molecule has 0 saturated heterocycles. The van der Waals surface area contributed by atoms with Crippen molar-refractivity contribution in [2.24, 2.45) is 0 Å². The Morgan fingerprint density at radius 2 is 1.90 bits per heavy atom. The molecular weight excluding hydrogens is 387 g/mol. The highest BCUT2D eigenvalue weighted by Gasteiger charge is 2.12. The second-order valence-electron chi connectivity index (χ2n) is 6.79. The standard InChI is InChI=1S/C22H21FN4O3/c1-14-21(27-30-26-14)12-24-11-17-9-15-7-8-18(28-2)10-20(15)25-22(17)29-13-16-5-3-4-6-19(16)23/h3-10,24H,11-13H2,1-2H3. The Morgan fingerprint density at radius 1 is 1.03 bits per heavy atom. The van der Waals surface area contributed by atoms with Crippen LogP contribution < -0.4 is 14.8 Å². The number of rotatable bonds is 8. The number of ether oxygens (including phenoxy) is 2. The summed E-state index contributed by atoms with van der Waals surface area (Å²) in [6.07, 6.45) is 0. The van der Waals surface area contributed by atoms with E-state index in [9.17, 15) is 4.39 Å². The van der Waals surface area contributed by atoms with Crippen molar-refractivity contribution in [1.29, 1.82) is 0 Å². The molecular formula is C22H21FN4O3. The Kier molecular flexibility index (Phi) is 5.85. The molecule has 0 fully saturated rings. The van der Waals surface area contributed by atoms with Crippen LogP contribution in [0.5, 0.6) is 11.6 Å². The largest absolute Gasteiger partial charge is 0.497 e. The van der Waals surface area contributed by atoms with Gasteiger partial charge in [-0.25, -0.2) is 14.0 Å². The number of halogens is 1. The van der Waals surface area contributed by atoms with Gasteiger partial charge < -0.3 is 14.8 Å². The fourth-order valence-electron chi connectivity index (χ4n) is 3.04. The molecule has 2 aromatic carbocycles. The lowest BCUT2D eigenvalue weighted by Crippen LogP contribution is -2.15. The average Bonchev–Trinajstić information content (AvgIpc) is 3.17. The van der Waals surface area contributed by atoms with Crippen LogP contribution >= 0.6 is 0 Å². The van der Waals surface area contributed by atoms with Crippen molar-refractivity contribution in [2.75, 3.05) is 7.11 Å². The second kappa shape index (κ2) is 8.87. The molecule has 0 aliphatic heterocycles. The molecule has 0 bridgehead atoms. The number of fused-ring (bicyclic) bond motifs is 1. The van der Waals surface area contributed by atoms with E-state index in [-0.39, 0.29) is 12.4 Å². The van der Waals surface area contributed by atoms with E-state index in [4.69, 9.17) is 14.1 Å². The third-order valence-corrected chi connectivity index (χ3v) is 4.74. The van der Waals surface area contributed by atoms with E-state index in [2.05, 4.69) is 20.6 Å². The maximum atomic E-state index is 14.0. The molecule has 0 aliphatic rings. The van der Waals surface area contributed by atoms with Crippen molar-refractivity contribution in [3.05, 3.63) is 76.9 Å². The lowest BCUT2D eigenvalue weighted by molar-refractivity contribution is 0.285. The molecule has 8 heteroatoms. The molecule has 2 aromatic heterocycles. The molecule has 2 heterocycles. The molecule has 1 N–H and O–H groups in total. The zero-order valence-corrected chi connectivity index (χ0v) is 16.7. The summed E-state index contributed by atoms with van der Waals surface area (Å²) in [7, 11) is 1.61. The topological polar surface area (TPSA) is 82.3 Å². The van der Waals surface area contributed by atoms with Crippen molar-refractivity contribution >= 4 is 10.9 Å². The summed E-state index contributed by atoms with van der Waals surface area (Å²) in [5.74, 6) is 0.824. The summed E-state index contributed by atoms with van der Waals surface area (Å²) >= 11 is 0. The van der Waals surface area contributed by atoms with Gasteiger partial charge >= 0.3 is 0 Å². The highest BCUT2D eigenvalue weighted by molar-refractivity contribution is 5.81. The number of nitrogens with one attached hydrogen (secondary N) is 1. The van der Waals surface area contributed by atoms with Gasteiger partial charge in [0.2, 0.25) is 5.88 Å². The van der Waals surface area contributed by atoms with E-state index < -0.39 is 0 Å². The van der Waals surface area contributed by atoms with Gasteiger partial charge in [0.15, 0.2) is 0 Å². The molecule has 7 nitrogen and oxygen atoms in total. The number of hydrogen-bond acceptors (Lipinski definition) is 7. The fourth-order valence-corrected chi connectivity index (χ4v) is 3.04. The zero-order valence-electron chi connectivity index (χ0n) is 16.7. The lowest BCUT2D eigenvalue weighted by Gasteiger charge is -2.13. The highest BCUT2D eigenvalue weighted by Crippen LogP contribution is 2.26. The first-order chi connectivity index (χ1) is 14.6. The van der Waals surface area contributed by atoms with Crippen LogP contribution in [0.1, 0.15) is 22.5 Å². The van der Waals surface area contributed by atoms with Crippen molar-refractivity contribution in [3.63, 3.8) is 0 Å². The lowest BCUT2D eigenvalue weighted by atomic mass is 10.1. The minimum Gasteiger partial charge on any atom is -0.497 e. The van der Waals surface area contributed by atoms with Gasteiger partial charge in [-0.3, -0.25) is 0 Å². The van der Waals surface area contributed by atoms with Crippen molar-refractivity contribution in [1.82, 2.24) is 20.6 Å². The van der Waals surface area contributed by atoms with E-state index >= 15 is 0 Å². The Labute approximate surface area is 172 Å². The quantitative estimate of drug-likeness (QED) is 0.473. The van der Waals surface area contributed by atoms with Crippen LogP contribution in [0.15, 0.2) is 53.2 Å².